The van der Waals surface area contributed by atoms with Crippen LogP contribution in [0.4, 0.5) is 4.79 Å². The summed E-state index contributed by atoms with van der Waals surface area (Å²) in [6.07, 6.45) is 0.858. The van der Waals surface area contributed by atoms with Gasteiger partial charge >= 0.3 is 12.0 Å². The Labute approximate surface area is 191 Å². The van der Waals surface area contributed by atoms with E-state index >= 15 is 0 Å². The second-order valence-electron chi connectivity index (χ2n) is 7.59. The van der Waals surface area contributed by atoms with E-state index < -0.39 is 18.0 Å². The second-order valence-corrected chi connectivity index (χ2v) is 7.59. The molecule has 0 aliphatic carbocycles. The quantitative estimate of drug-likeness (QED) is 0.588. The first-order valence-electron chi connectivity index (χ1n) is 10.6. The maximum atomic E-state index is 13.1. The maximum absolute atomic E-state index is 13.1. The Hall–Kier alpha value is -3.88. The molecule has 33 heavy (non-hydrogen) atoms. The van der Waals surface area contributed by atoms with Gasteiger partial charge in [-0.1, -0.05) is 19.1 Å². The van der Waals surface area contributed by atoms with Crippen LogP contribution in [0.5, 0.6) is 23.0 Å². The Kier molecular flexibility index (Phi) is 6.58. The van der Waals surface area contributed by atoms with Gasteiger partial charge in [0.25, 0.3) is 0 Å². The van der Waals surface area contributed by atoms with Gasteiger partial charge < -0.3 is 34.3 Å². The lowest BCUT2D eigenvalue weighted by atomic mass is 9.95. The lowest BCUT2D eigenvalue weighted by Gasteiger charge is -2.28. The van der Waals surface area contributed by atoms with Gasteiger partial charge in [-0.25, -0.2) is 9.59 Å². The first-order chi connectivity index (χ1) is 16.0. The molecular weight excluding hydrogens is 428 g/mol. The molecule has 0 aromatic heterocycles. The minimum atomic E-state index is -0.711. The minimum absolute atomic E-state index is 0.0417. The molecule has 2 aliphatic heterocycles. The van der Waals surface area contributed by atoms with Crippen molar-refractivity contribution in [2.24, 2.45) is 0 Å². The summed E-state index contributed by atoms with van der Waals surface area (Å²) in [4.78, 5) is 25.3. The van der Waals surface area contributed by atoms with Gasteiger partial charge in [0.1, 0.15) is 6.61 Å². The van der Waals surface area contributed by atoms with Crippen molar-refractivity contribution < 1.29 is 33.3 Å². The predicted molar refractivity (Wildman–Crippen MR) is 118 cm³/mol. The summed E-state index contributed by atoms with van der Waals surface area (Å²) < 4.78 is 27.4. The summed E-state index contributed by atoms with van der Waals surface area (Å²) in [5, 5.41) is 5.44. The number of carbonyl (C=O) groups is 2. The van der Waals surface area contributed by atoms with Crippen molar-refractivity contribution in [2.75, 3.05) is 20.5 Å². The third-order valence-corrected chi connectivity index (χ3v) is 5.28. The molecule has 2 N–H and O–H groups in total. The molecule has 0 fully saturated rings. The standard InChI is InChI=1S/C24H26N2O7/c1-4-9-30-17-8-6-16(11-19(17)29-3)22-21(14(2)25-24(28)26-22)23(27)31-12-15-5-7-18-20(10-15)33-13-32-18/h5-8,10-11,22H,4,9,12-13H2,1-3H3,(H2,25,26,28)/t22-/m0/s1. The number of carbonyl (C=O) groups excluding carboxylic acids is 2. The Balaban J connectivity index is 1.55. The second kappa shape index (κ2) is 9.72. The molecule has 4 rings (SSSR count). The van der Waals surface area contributed by atoms with Crippen molar-refractivity contribution in [1.82, 2.24) is 10.6 Å². The molecule has 0 bridgehead atoms. The van der Waals surface area contributed by atoms with Crippen LogP contribution in [-0.2, 0) is 16.1 Å². The molecular formula is C24H26N2O7. The third-order valence-electron chi connectivity index (χ3n) is 5.28. The summed E-state index contributed by atoms with van der Waals surface area (Å²) in [5.74, 6) is 1.83. The van der Waals surface area contributed by atoms with Crippen molar-refractivity contribution in [1.29, 1.82) is 0 Å². The highest BCUT2D eigenvalue weighted by Gasteiger charge is 2.33. The molecule has 2 aromatic rings. The first kappa shape index (κ1) is 22.3. The number of methoxy groups -OCH3 is 1. The van der Waals surface area contributed by atoms with E-state index in [9.17, 15) is 9.59 Å². The van der Waals surface area contributed by atoms with Crippen LogP contribution in [0.1, 0.15) is 37.4 Å². The zero-order valence-electron chi connectivity index (χ0n) is 18.7. The van der Waals surface area contributed by atoms with Crippen LogP contribution in [-0.4, -0.2) is 32.5 Å². The average molecular weight is 454 g/mol. The highest BCUT2D eigenvalue weighted by molar-refractivity contribution is 5.95. The molecule has 0 unspecified atom stereocenters. The number of hydrogen-bond donors (Lipinski definition) is 2. The van der Waals surface area contributed by atoms with E-state index in [2.05, 4.69) is 10.6 Å². The largest absolute Gasteiger partial charge is 0.493 e. The number of fused-ring (bicyclic) bond motifs is 1. The van der Waals surface area contributed by atoms with Crippen molar-refractivity contribution in [3.8, 4) is 23.0 Å². The molecule has 9 nitrogen and oxygen atoms in total. The van der Waals surface area contributed by atoms with Crippen LogP contribution in [0, 0.1) is 0 Å². The van der Waals surface area contributed by atoms with Crippen LogP contribution in [0.3, 0.4) is 0 Å². The van der Waals surface area contributed by atoms with Crippen LogP contribution >= 0.6 is 0 Å². The fourth-order valence-electron chi connectivity index (χ4n) is 3.67. The number of esters is 1. The first-order valence-corrected chi connectivity index (χ1v) is 10.6. The lowest BCUT2D eigenvalue weighted by Crippen LogP contribution is -2.45. The Morgan fingerprint density at radius 3 is 2.73 bits per heavy atom. The van der Waals surface area contributed by atoms with Gasteiger partial charge in [-0.2, -0.15) is 0 Å². The average Bonchev–Trinajstić information content (AvgIpc) is 3.28. The van der Waals surface area contributed by atoms with Crippen molar-refractivity contribution in [2.45, 2.75) is 32.9 Å². The number of nitrogens with one attached hydrogen (secondary N) is 2. The lowest BCUT2D eigenvalue weighted by molar-refractivity contribution is -0.140. The van der Waals surface area contributed by atoms with Crippen molar-refractivity contribution in [3.63, 3.8) is 0 Å². The summed E-state index contributed by atoms with van der Waals surface area (Å²) in [6, 6.07) is 9.54. The summed E-state index contributed by atoms with van der Waals surface area (Å²) >= 11 is 0. The Bertz CT molecular complexity index is 1100. The van der Waals surface area contributed by atoms with Gasteiger partial charge in [0.2, 0.25) is 6.79 Å². The van der Waals surface area contributed by atoms with E-state index in [0.717, 1.165) is 12.0 Å². The van der Waals surface area contributed by atoms with Gasteiger partial charge in [0.05, 0.1) is 25.3 Å². The van der Waals surface area contributed by atoms with E-state index in [1.165, 1.54) is 0 Å². The van der Waals surface area contributed by atoms with E-state index in [-0.39, 0.29) is 13.4 Å². The van der Waals surface area contributed by atoms with Crippen LogP contribution in [0.25, 0.3) is 0 Å². The van der Waals surface area contributed by atoms with Crippen LogP contribution in [0.15, 0.2) is 47.7 Å². The van der Waals surface area contributed by atoms with Gasteiger partial charge in [-0.3, -0.25) is 0 Å². The van der Waals surface area contributed by atoms with Gasteiger partial charge in [0, 0.05) is 5.70 Å². The molecule has 2 heterocycles. The topological polar surface area (TPSA) is 104 Å². The number of hydrogen-bond acceptors (Lipinski definition) is 7. The molecule has 9 heteroatoms. The molecule has 2 aromatic carbocycles. The molecule has 0 spiro atoms. The summed E-state index contributed by atoms with van der Waals surface area (Å²) in [7, 11) is 1.54. The van der Waals surface area contributed by atoms with Crippen LogP contribution < -0.4 is 29.6 Å². The summed E-state index contributed by atoms with van der Waals surface area (Å²) in [6.45, 7) is 4.44. The summed E-state index contributed by atoms with van der Waals surface area (Å²) in [5.41, 5.74) is 2.15. The monoisotopic (exact) mass is 454 g/mol. The highest BCUT2D eigenvalue weighted by atomic mass is 16.7. The number of ether oxygens (including phenoxy) is 5. The van der Waals surface area contributed by atoms with Crippen molar-refractivity contribution in [3.05, 3.63) is 58.8 Å². The third kappa shape index (κ3) is 4.82. The van der Waals surface area contributed by atoms with Gasteiger partial charge in [0.15, 0.2) is 23.0 Å². The number of amides is 2. The van der Waals surface area contributed by atoms with Crippen LogP contribution in [0.2, 0.25) is 0 Å². The minimum Gasteiger partial charge on any atom is -0.493 e. The Morgan fingerprint density at radius 1 is 1.12 bits per heavy atom. The van der Waals surface area contributed by atoms with Crippen molar-refractivity contribution >= 4 is 12.0 Å². The number of rotatable bonds is 8. The molecule has 0 saturated carbocycles. The predicted octanol–water partition coefficient (Wildman–Crippen LogP) is 3.58. The van der Waals surface area contributed by atoms with E-state index in [0.29, 0.717) is 46.4 Å². The maximum Gasteiger partial charge on any atom is 0.338 e. The molecule has 0 radical (unpaired) electrons. The molecule has 2 amide bonds. The zero-order valence-corrected chi connectivity index (χ0v) is 18.7. The van der Waals surface area contributed by atoms with Gasteiger partial charge in [-0.15, -0.1) is 0 Å². The normalized spacial score (nSPS) is 16.7. The fourth-order valence-corrected chi connectivity index (χ4v) is 3.67. The van der Waals surface area contributed by atoms with E-state index in [4.69, 9.17) is 23.7 Å². The Morgan fingerprint density at radius 2 is 1.94 bits per heavy atom. The van der Waals surface area contributed by atoms with E-state index in [1.54, 1.807) is 50.4 Å². The van der Waals surface area contributed by atoms with Gasteiger partial charge in [-0.05, 0) is 48.7 Å². The fraction of sp³-hybridized carbons (Fsp3) is 0.333. The number of benzene rings is 2. The number of allylic oxidation sites excluding steroid dienone is 1. The smallest absolute Gasteiger partial charge is 0.338 e. The highest BCUT2D eigenvalue weighted by Crippen LogP contribution is 2.35. The zero-order chi connectivity index (χ0) is 23.4. The number of urea groups is 1. The molecule has 0 saturated heterocycles. The van der Waals surface area contributed by atoms with E-state index in [1.807, 2.05) is 6.92 Å². The molecule has 174 valence electrons. The molecule has 1 atom stereocenters. The SMILES string of the molecule is CCCOc1ccc([C@@H]2NC(=O)NC(C)=C2C(=O)OCc2ccc3c(c2)OCO3)cc1OC. The molecule has 2 aliphatic rings.